The van der Waals surface area contributed by atoms with Crippen LogP contribution >= 0.6 is 0 Å². The zero-order chi connectivity index (χ0) is 18.6. The number of hydrogen-bond acceptors (Lipinski definition) is 5. The van der Waals surface area contributed by atoms with Crippen LogP contribution in [0.15, 0.2) is 24.8 Å². The Morgan fingerprint density at radius 1 is 1.44 bits per heavy atom. The van der Waals surface area contributed by atoms with Crippen molar-refractivity contribution in [3.63, 3.8) is 0 Å². The van der Waals surface area contributed by atoms with Crippen molar-refractivity contribution < 1.29 is 14.6 Å². The first-order chi connectivity index (χ1) is 13.2. The molecule has 146 valence electrons. The number of likely N-dealkylation sites (tertiary alicyclic amines) is 1. The van der Waals surface area contributed by atoms with Crippen molar-refractivity contribution in [1.82, 2.24) is 10.2 Å². The largest absolute Gasteiger partial charge is 0.493 e. The van der Waals surface area contributed by atoms with Gasteiger partial charge >= 0.3 is 0 Å². The fraction of sp³-hybridized carbons (Fsp3) is 0.636. The summed E-state index contributed by atoms with van der Waals surface area (Å²) in [4.78, 5) is 2.63. The molecule has 27 heavy (non-hydrogen) atoms. The van der Waals surface area contributed by atoms with Gasteiger partial charge in [-0.2, -0.15) is 0 Å². The summed E-state index contributed by atoms with van der Waals surface area (Å²) in [5.74, 6) is 2.46. The number of methoxy groups -OCH3 is 1. The molecule has 1 unspecified atom stereocenters. The van der Waals surface area contributed by atoms with Crippen molar-refractivity contribution in [2.45, 2.75) is 49.3 Å². The molecule has 1 aromatic rings. The molecule has 2 fully saturated rings. The molecule has 4 aliphatic rings. The van der Waals surface area contributed by atoms with Gasteiger partial charge in [0.2, 0.25) is 0 Å². The molecular weight excluding hydrogens is 340 g/mol. The summed E-state index contributed by atoms with van der Waals surface area (Å²) in [5, 5.41) is 12.9. The van der Waals surface area contributed by atoms with E-state index in [9.17, 15) is 5.11 Å². The van der Waals surface area contributed by atoms with Crippen LogP contribution in [-0.2, 0) is 11.8 Å². The molecular formula is C22H30N2O3. The summed E-state index contributed by atoms with van der Waals surface area (Å²) in [6.07, 6.45) is 6.69. The Labute approximate surface area is 161 Å². The lowest BCUT2D eigenvalue weighted by atomic mass is 9.51. The highest BCUT2D eigenvalue weighted by Crippen LogP contribution is 2.63. The Hall–Kier alpha value is -1.56. The van der Waals surface area contributed by atoms with Gasteiger partial charge in [0.15, 0.2) is 11.5 Å². The van der Waals surface area contributed by atoms with E-state index in [4.69, 9.17) is 9.47 Å². The minimum atomic E-state index is 0.0746. The van der Waals surface area contributed by atoms with Gasteiger partial charge in [-0.3, -0.25) is 4.90 Å². The highest BCUT2D eigenvalue weighted by molar-refractivity contribution is 5.61. The Kier molecular flexibility index (Phi) is 4.22. The highest BCUT2D eigenvalue weighted by Gasteiger charge is 2.65. The molecule has 1 saturated carbocycles. The van der Waals surface area contributed by atoms with E-state index in [1.807, 2.05) is 6.08 Å². The van der Waals surface area contributed by atoms with Gasteiger partial charge < -0.3 is 19.9 Å². The van der Waals surface area contributed by atoms with Gasteiger partial charge in [0.1, 0.15) is 6.10 Å². The molecule has 2 aliphatic heterocycles. The molecule has 0 amide bonds. The van der Waals surface area contributed by atoms with E-state index < -0.39 is 0 Å². The van der Waals surface area contributed by atoms with E-state index in [2.05, 4.69) is 28.9 Å². The van der Waals surface area contributed by atoms with Crippen LogP contribution in [0.4, 0.5) is 0 Å². The molecule has 2 aliphatic carbocycles. The predicted molar refractivity (Wildman–Crippen MR) is 105 cm³/mol. The van der Waals surface area contributed by atoms with Crippen LogP contribution in [0, 0.1) is 5.92 Å². The zero-order valence-corrected chi connectivity index (χ0v) is 16.1. The number of nitrogens with zero attached hydrogens (tertiary/aromatic N) is 1. The van der Waals surface area contributed by atoms with Crippen molar-refractivity contribution in [1.29, 1.82) is 0 Å². The van der Waals surface area contributed by atoms with Gasteiger partial charge in [0, 0.05) is 36.2 Å². The average molecular weight is 370 g/mol. The molecule has 1 spiro atoms. The second-order valence-electron chi connectivity index (χ2n) is 8.48. The fourth-order valence-electron chi connectivity index (χ4n) is 6.63. The maximum absolute atomic E-state index is 9.33. The molecule has 2 bridgehead atoms. The smallest absolute Gasteiger partial charge is 0.165 e. The van der Waals surface area contributed by atoms with E-state index in [1.54, 1.807) is 7.11 Å². The Bertz CT molecular complexity index is 751. The monoisotopic (exact) mass is 370 g/mol. The predicted octanol–water partition coefficient (Wildman–Crippen LogP) is 1.87. The van der Waals surface area contributed by atoms with Crippen LogP contribution in [0.2, 0.25) is 0 Å². The number of aliphatic hydroxyl groups excluding tert-OH is 1. The first-order valence-corrected chi connectivity index (χ1v) is 10.3. The third-order valence-corrected chi connectivity index (χ3v) is 7.52. The minimum absolute atomic E-state index is 0.0746. The maximum Gasteiger partial charge on any atom is 0.165 e. The van der Waals surface area contributed by atoms with Crippen molar-refractivity contribution in [3.8, 4) is 11.5 Å². The molecule has 1 aromatic carbocycles. The fourth-order valence-corrected chi connectivity index (χ4v) is 6.63. The Morgan fingerprint density at radius 3 is 3.11 bits per heavy atom. The number of benzene rings is 1. The second kappa shape index (κ2) is 6.50. The third kappa shape index (κ3) is 2.28. The average Bonchev–Trinajstić information content (AvgIpc) is 3.03. The molecule has 5 heteroatoms. The van der Waals surface area contributed by atoms with E-state index in [-0.39, 0.29) is 24.2 Å². The normalized spacial score (nSPS) is 36.1. The van der Waals surface area contributed by atoms with Crippen molar-refractivity contribution >= 4 is 0 Å². The number of aliphatic hydroxyl groups is 1. The number of rotatable bonds is 6. The van der Waals surface area contributed by atoms with Gasteiger partial charge in [-0.25, -0.2) is 0 Å². The standard InChI is InChI=1S/C22H30N2O3/c1-3-10-24-11-8-22-15-5-6-16(23-9-12-25)21(22)27-20-18(26-2)7-4-14(19(20)22)13-17(15)24/h3-4,7,15-17,21,23,25H,1,5-6,8-13H2,2H3/t15-,16?,17+,21-,22-/m1/s1. The molecule has 2 heterocycles. The lowest BCUT2D eigenvalue weighted by Gasteiger charge is -2.59. The van der Waals surface area contributed by atoms with Crippen molar-refractivity contribution in [3.05, 3.63) is 35.9 Å². The van der Waals surface area contributed by atoms with Crippen molar-refractivity contribution in [2.75, 3.05) is 33.4 Å². The number of ether oxygens (including phenoxy) is 2. The Balaban J connectivity index is 1.64. The van der Waals surface area contributed by atoms with Crippen LogP contribution in [0.1, 0.15) is 30.4 Å². The minimum Gasteiger partial charge on any atom is -0.493 e. The molecule has 5 nitrogen and oxygen atoms in total. The van der Waals surface area contributed by atoms with Crippen LogP contribution in [-0.4, -0.2) is 61.5 Å². The summed E-state index contributed by atoms with van der Waals surface area (Å²) in [6.45, 7) is 6.83. The van der Waals surface area contributed by atoms with Gasteiger partial charge in [-0.15, -0.1) is 6.58 Å². The number of hydrogen-bond donors (Lipinski definition) is 2. The summed E-state index contributed by atoms with van der Waals surface area (Å²) in [5.41, 5.74) is 2.94. The third-order valence-electron chi connectivity index (χ3n) is 7.52. The zero-order valence-electron chi connectivity index (χ0n) is 16.1. The SMILES string of the molecule is C=CCN1CC[C@@]23c4c5ccc(OC)c4O[C@@H]2C(NCCO)CC[C@@H]3[C@@H]1C5. The lowest BCUT2D eigenvalue weighted by Crippen LogP contribution is -2.68. The first-order valence-electron chi connectivity index (χ1n) is 10.3. The molecule has 2 N–H and O–H groups in total. The number of piperidine rings is 1. The van der Waals surface area contributed by atoms with Crippen LogP contribution in [0.3, 0.4) is 0 Å². The first kappa shape index (κ1) is 17.5. The number of nitrogens with one attached hydrogen (secondary N) is 1. The second-order valence-corrected chi connectivity index (χ2v) is 8.48. The van der Waals surface area contributed by atoms with Gasteiger partial charge in [-0.1, -0.05) is 12.1 Å². The van der Waals surface area contributed by atoms with Crippen LogP contribution < -0.4 is 14.8 Å². The summed E-state index contributed by atoms with van der Waals surface area (Å²) < 4.78 is 12.4. The summed E-state index contributed by atoms with van der Waals surface area (Å²) in [7, 11) is 1.73. The molecule has 0 aromatic heterocycles. The maximum atomic E-state index is 9.33. The van der Waals surface area contributed by atoms with E-state index in [1.165, 1.54) is 17.5 Å². The summed E-state index contributed by atoms with van der Waals surface area (Å²) >= 11 is 0. The van der Waals surface area contributed by atoms with E-state index >= 15 is 0 Å². The lowest BCUT2D eigenvalue weighted by molar-refractivity contribution is -0.0619. The molecule has 5 atom stereocenters. The molecule has 0 radical (unpaired) electrons. The van der Waals surface area contributed by atoms with Gasteiger partial charge in [0.05, 0.1) is 13.7 Å². The van der Waals surface area contributed by atoms with E-state index in [0.717, 1.165) is 43.9 Å². The molecule has 1 saturated heterocycles. The van der Waals surface area contributed by atoms with Gasteiger partial charge in [-0.05, 0) is 49.8 Å². The van der Waals surface area contributed by atoms with Crippen LogP contribution in [0.25, 0.3) is 0 Å². The van der Waals surface area contributed by atoms with E-state index in [0.29, 0.717) is 18.5 Å². The topological polar surface area (TPSA) is 54.0 Å². The summed E-state index contributed by atoms with van der Waals surface area (Å²) in [6, 6.07) is 5.18. The Morgan fingerprint density at radius 2 is 2.33 bits per heavy atom. The quantitative estimate of drug-likeness (QED) is 0.749. The molecule has 5 rings (SSSR count). The van der Waals surface area contributed by atoms with Crippen molar-refractivity contribution in [2.24, 2.45) is 5.92 Å². The van der Waals surface area contributed by atoms with Crippen LogP contribution in [0.5, 0.6) is 11.5 Å². The van der Waals surface area contributed by atoms with Gasteiger partial charge in [0.25, 0.3) is 0 Å². The highest BCUT2D eigenvalue weighted by atomic mass is 16.5.